The quantitative estimate of drug-likeness (QED) is 0.724. The second-order valence-corrected chi connectivity index (χ2v) is 4.29. The van der Waals surface area contributed by atoms with Crippen LogP contribution in [0.5, 0.6) is 0 Å². The van der Waals surface area contributed by atoms with Crippen molar-refractivity contribution in [2.75, 3.05) is 7.11 Å². The number of carbonyl (C=O) groups excluding carboxylic acids is 1. The van der Waals surface area contributed by atoms with E-state index in [4.69, 9.17) is 4.74 Å². The molecule has 0 radical (unpaired) electrons. The standard InChI is InChI=1S/C11H17N3O2/c1-14-10(12-7-13-14)9(11(15)16-2)8-5-3-4-6-8/h7-9H,3-6H2,1-2H3. The molecule has 5 heteroatoms. The highest BCUT2D eigenvalue weighted by molar-refractivity contribution is 5.77. The first-order valence-electron chi connectivity index (χ1n) is 5.65. The van der Waals surface area contributed by atoms with Crippen LogP contribution in [0.15, 0.2) is 6.33 Å². The van der Waals surface area contributed by atoms with Crippen molar-refractivity contribution in [3.05, 3.63) is 12.2 Å². The van der Waals surface area contributed by atoms with Crippen LogP contribution in [-0.4, -0.2) is 27.8 Å². The van der Waals surface area contributed by atoms with E-state index in [9.17, 15) is 4.79 Å². The number of methoxy groups -OCH3 is 1. The van der Waals surface area contributed by atoms with Crippen LogP contribution >= 0.6 is 0 Å². The van der Waals surface area contributed by atoms with Crippen molar-refractivity contribution in [2.24, 2.45) is 13.0 Å². The van der Waals surface area contributed by atoms with Crippen LogP contribution in [0.25, 0.3) is 0 Å². The summed E-state index contributed by atoms with van der Waals surface area (Å²) in [5.41, 5.74) is 0. The molecule has 0 bridgehead atoms. The number of esters is 1. The number of nitrogens with zero attached hydrogens (tertiary/aromatic N) is 3. The summed E-state index contributed by atoms with van der Waals surface area (Å²) in [6, 6.07) is 0. The SMILES string of the molecule is COC(=O)C(c1ncnn1C)C1CCCC1. The Labute approximate surface area is 94.8 Å². The predicted molar refractivity (Wildman–Crippen MR) is 57.7 cm³/mol. The maximum Gasteiger partial charge on any atom is 0.316 e. The van der Waals surface area contributed by atoms with E-state index in [1.165, 1.54) is 26.3 Å². The molecule has 1 unspecified atom stereocenters. The van der Waals surface area contributed by atoms with E-state index in [1.54, 1.807) is 4.68 Å². The molecule has 2 rings (SSSR count). The molecule has 88 valence electrons. The summed E-state index contributed by atoms with van der Waals surface area (Å²) in [6.07, 6.45) is 6.02. The smallest absolute Gasteiger partial charge is 0.316 e. The first-order chi connectivity index (χ1) is 7.74. The zero-order valence-electron chi connectivity index (χ0n) is 9.72. The molecule has 1 fully saturated rings. The van der Waals surface area contributed by atoms with E-state index in [0.29, 0.717) is 5.92 Å². The Morgan fingerprint density at radius 1 is 1.56 bits per heavy atom. The van der Waals surface area contributed by atoms with Gasteiger partial charge in [0.1, 0.15) is 18.1 Å². The lowest BCUT2D eigenvalue weighted by Gasteiger charge is -2.19. The van der Waals surface area contributed by atoms with Gasteiger partial charge in [-0.2, -0.15) is 5.10 Å². The van der Waals surface area contributed by atoms with Crippen molar-refractivity contribution in [1.82, 2.24) is 14.8 Å². The van der Waals surface area contributed by atoms with Crippen LogP contribution in [0.4, 0.5) is 0 Å². The molecule has 1 aromatic rings. The van der Waals surface area contributed by atoms with Crippen molar-refractivity contribution in [3.8, 4) is 0 Å². The third-order valence-electron chi connectivity index (χ3n) is 3.35. The van der Waals surface area contributed by atoms with E-state index in [-0.39, 0.29) is 11.9 Å². The van der Waals surface area contributed by atoms with Gasteiger partial charge in [0, 0.05) is 7.05 Å². The average Bonchev–Trinajstić information content (AvgIpc) is 2.92. The maximum atomic E-state index is 11.8. The highest BCUT2D eigenvalue weighted by Gasteiger charge is 2.35. The van der Waals surface area contributed by atoms with Gasteiger partial charge in [0.15, 0.2) is 0 Å². The minimum Gasteiger partial charge on any atom is -0.468 e. The van der Waals surface area contributed by atoms with E-state index >= 15 is 0 Å². The molecule has 1 aliphatic rings. The van der Waals surface area contributed by atoms with Gasteiger partial charge in [-0.05, 0) is 18.8 Å². The van der Waals surface area contributed by atoms with E-state index < -0.39 is 0 Å². The fourth-order valence-electron chi connectivity index (χ4n) is 2.51. The lowest BCUT2D eigenvalue weighted by atomic mass is 9.90. The zero-order valence-corrected chi connectivity index (χ0v) is 9.72. The Morgan fingerprint density at radius 2 is 2.25 bits per heavy atom. The summed E-state index contributed by atoms with van der Waals surface area (Å²) >= 11 is 0. The van der Waals surface area contributed by atoms with Crippen molar-refractivity contribution >= 4 is 5.97 Å². The number of hydrogen-bond acceptors (Lipinski definition) is 4. The molecule has 1 atom stereocenters. The molecular weight excluding hydrogens is 206 g/mol. The summed E-state index contributed by atoms with van der Waals surface area (Å²) in [5.74, 6) is 0.636. The molecule has 16 heavy (non-hydrogen) atoms. The molecule has 0 aromatic carbocycles. The van der Waals surface area contributed by atoms with Gasteiger partial charge < -0.3 is 4.74 Å². The third kappa shape index (κ3) is 1.94. The van der Waals surface area contributed by atoms with Crippen LogP contribution in [0.1, 0.15) is 37.4 Å². The number of ether oxygens (including phenoxy) is 1. The molecule has 1 aromatic heterocycles. The third-order valence-corrected chi connectivity index (χ3v) is 3.35. The molecule has 0 amide bonds. The highest BCUT2D eigenvalue weighted by Crippen LogP contribution is 2.37. The minimum atomic E-state index is -0.250. The van der Waals surface area contributed by atoms with Crippen LogP contribution in [-0.2, 0) is 16.6 Å². The second-order valence-electron chi connectivity index (χ2n) is 4.29. The lowest BCUT2D eigenvalue weighted by Crippen LogP contribution is -2.24. The first kappa shape index (κ1) is 11.1. The van der Waals surface area contributed by atoms with Gasteiger partial charge in [0.2, 0.25) is 0 Å². The Balaban J connectivity index is 2.27. The number of rotatable bonds is 3. The summed E-state index contributed by atoms with van der Waals surface area (Å²) < 4.78 is 6.55. The van der Waals surface area contributed by atoms with Crippen LogP contribution in [0.2, 0.25) is 0 Å². The first-order valence-corrected chi connectivity index (χ1v) is 5.65. The van der Waals surface area contributed by atoms with Gasteiger partial charge >= 0.3 is 5.97 Å². The van der Waals surface area contributed by atoms with E-state index in [0.717, 1.165) is 18.7 Å². The molecule has 1 heterocycles. The summed E-state index contributed by atoms with van der Waals surface area (Å²) in [7, 11) is 3.24. The largest absolute Gasteiger partial charge is 0.468 e. The molecule has 0 saturated heterocycles. The number of hydrogen-bond donors (Lipinski definition) is 0. The van der Waals surface area contributed by atoms with Crippen molar-refractivity contribution in [1.29, 1.82) is 0 Å². The molecule has 0 spiro atoms. The second kappa shape index (κ2) is 4.63. The van der Waals surface area contributed by atoms with Crippen LogP contribution in [0, 0.1) is 5.92 Å². The monoisotopic (exact) mass is 223 g/mol. The topological polar surface area (TPSA) is 57.0 Å². The summed E-state index contributed by atoms with van der Waals surface area (Å²) in [6.45, 7) is 0. The molecule has 1 aliphatic carbocycles. The molecule has 1 saturated carbocycles. The average molecular weight is 223 g/mol. The van der Waals surface area contributed by atoms with E-state index in [2.05, 4.69) is 10.1 Å². The fraction of sp³-hybridized carbons (Fsp3) is 0.727. The Bertz CT molecular complexity index is 369. The van der Waals surface area contributed by atoms with Crippen molar-refractivity contribution in [2.45, 2.75) is 31.6 Å². The van der Waals surface area contributed by atoms with E-state index in [1.807, 2.05) is 7.05 Å². The van der Waals surface area contributed by atoms with Crippen molar-refractivity contribution < 1.29 is 9.53 Å². The molecule has 0 aliphatic heterocycles. The minimum absolute atomic E-state index is 0.192. The van der Waals surface area contributed by atoms with Gasteiger partial charge in [-0.25, -0.2) is 4.98 Å². The summed E-state index contributed by atoms with van der Waals surface area (Å²) in [4.78, 5) is 16.0. The Morgan fingerprint density at radius 3 is 2.75 bits per heavy atom. The predicted octanol–water partition coefficient (Wildman–Crippen LogP) is 1.26. The van der Waals surface area contributed by atoms with Crippen molar-refractivity contribution in [3.63, 3.8) is 0 Å². The Kier molecular flexibility index (Phi) is 3.22. The number of aryl methyl sites for hydroxylation is 1. The van der Waals surface area contributed by atoms with Gasteiger partial charge in [0.25, 0.3) is 0 Å². The number of carbonyl (C=O) groups is 1. The lowest BCUT2D eigenvalue weighted by molar-refractivity contribution is -0.144. The van der Waals surface area contributed by atoms with Gasteiger partial charge in [-0.15, -0.1) is 0 Å². The fourth-order valence-corrected chi connectivity index (χ4v) is 2.51. The highest BCUT2D eigenvalue weighted by atomic mass is 16.5. The number of aromatic nitrogens is 3. The molecule has 0 N–H and O–H groups in total. The van der Waals surface area contributed by atoms with Gasteiger partial charge in [-0.3, -0.25) is 9.48 Å². The van der Waals surface area contributed by atoms with Crippen LogP contribution in [0.3, 0.4) is 0 Å². The maximum absolute atomic E-state index is 11.8. The Hall–Kier alpha value is -1.39. The normalized spacial score (nSPS) is 18.6. The van der Waals surface area contributed by atoms with Gasteiger partial charge in [-0.1, -0.05) is 12.8 Å². The molecular formula is C11H17N3O2. The van der Waals surface area contributed by atoms with Crippen LogP contribution < -0.4 is 0 Å². The molecule has 5 nitrogen and oxygen atoms in total. The van der Waals surface area contributed by atoms with Gasteiger partial charge in [0.05, 0.1) is 7.11 Å². The zero-order chi connectivity index (χ0) is 11.5. The summed E-state index contributed by atoms with van der Waals surface area (Å²) in [5, 5.41) is 4.02.